The Morgan fingerprint density at radius 2 is 2.10 bits per heavy atom. The van der Waals surface area contributed by atoms with E-state index < -0.39 is 0 Å². The van der Waals surface area contributed by atoms with Crippen LogP contribution in [-0.4, -0.2) is 60.1 Å². The number of thioether (sulfide) groups is 1. The number of nitrogens with zero attached hydrogens (tertiary/aromatic N) is 1. The van der Waals surface area contributed by atoms with E-state index in [0.29, 0.717) is 30.6 Å². The largest absolute Gasteiger partial charge is 0.353 e. The summed E-state index contributed by atoms with van der Waals surface area (Å²) in [6.07, 6.45) is 6.91. The van der Waals surface area contributed by atoms with Crippen molar-refractivity contribution < 1.29 is 4.79 Å². The molecule has 3 heterocycles. The van der Waals surface area contributed by atoms with E-state index in [1.165, 1.54) is 25.0 Å². The van der Waals surface area contributed by atoms with Crippen molar-refractivity contribution in [2.45, 2.75) is 62.7 Å². The topological polar surface area (TPSA) is 44.4 Å². The van der Waals surface area contributed by atoms with Gasteiger partial charge in [0.05, 0.1) is 0 Å². The highest BCUT2D eigenvalue weighted by atomic mass is 32.2. The lowest BCUT2D eigenvalue weighted by atomic mass is 9.82. The number of hydrogen-bond acceptors (Lipinski definition) is 4. The average Bonchev–Trinajstić information content (AvgIpc) is 2.41. The van der Waals surface area contributed by atoms with Gasteiger partial charge in [-0.2, -0.15) is 11.8 Å². The molecule has 3 aliphatic rings. The van der Waals surface area contributed by atoms with E-state index in [0.717, 1.165) is 25.1 Å². The van der Waals surface area contributed by atoms with Gasteiger partial charge in [0.25, 0.3) is 0 Å². The Kier molecular flexibility index (Phi) is 4.89. The van der Waals surface area contributed by atoms with E-state index in [2.05, 4.69) is 22.6 Å². The van der Waals surface area contributed by atoms with Crippen LogP contribution in [0.25, 0.3) is 0 Å². The van der Waals surface area contributed by atoms with E-state index in [1.807, 2.05) is 11.8 Å². The van der Waals surface area contributed by atoms with Crippen molar-refractivity contribution in [2.24, 2.45) is 0 Å². The van der Waals surface area contributed by atoms with Crippen molar-refractivity contribution in [3.63, 3.8) is 0 Å². The Morgan fingerprint density at radius 1 is 1.35 bits per heavy atom. The summed E-state index contributed by atoms with van der Waals surface area (Å²) in [7, 11) is 2.26. The molecule has 3 atom stereocenters. The summed E-state index contributed by atoms with van der Waals surface area (Å²) in [5.74, 6) is 2.50. The maximum Gasteiger partial charge on any atom is 0.221 e. The van der Waals surface area contributed by atoms with E-state index >= 15 is 0 Å². The number of carbonyl (C=O) groups is 1. The van der Waals surface area contributed by atoms with Crippen LogP contribution in [0.3, 0.4) is 0 Å². The second-order valence-electron chi connectivity index (χ2n) is 6.57. The fourth-order valence-electron chi connectivity index (χ4n) is 3.99. The molecule has 0 aromatic rings. The maximum atomic E-state index is 12.2. The zero-order valence-corrected chi connectivity index (χ0v) is 13.3. The summed E-state index contributed by atoms with van der Waals surface area (Å²) in [5, 5.41) is 6.74. The average molecular weight is 297 g/mol. The summed E-state index contributed by atoms with van der Waals surface area (Å²) in [6, 6.07) is 2.16. The fraction of sp³-hybridized carbons (Fsp3) is 0.933. The van der Waals surface area contributed by atoms with Crippen molar-refractivity contribution in [3.05, 3.63) is 0 Å². The van der Waals surface area contributed by atoms with Crippen molar-refractivity contribution in [1.82, 2.24) is 15.5 Å². The molecular formula is C15H27N3OS. The Hall–Kier alpha value is -0.260. The van der Waals surface area contributed by atoms with Crippen molar-refractivity contribution in [3.8, 4) is 0 Å². The number of amides is 1. The lowest BCUT2D eigenvalue weighted by Crippen LogP contribution is -2.55. The molecule has 3 fully saturated rings. The highest BCUT2D eigenvalue weighted by molar-refractivity contribution is 7.99. The van der Waals surface area contributed by atoms with E-state index in [1.54, 1.807) is 0 Å². The molecule has 20 heavy (non-hydrogen) atoms. The first kappa shape index (κ1) is 14.7. The van der Waals surface area contributed by atoms with Crippen LogP contribution in [0.1, 0.15) is 38.5 Å². The highest BCUT2D eigenvalue weighted by Crippen LogP contribution is 2.32. The van der Waals surface area contributed by atoms with Crippen LogP contribution in [0.4, 0.5) is 0 Å². The first-order valence-electron chi connectivity index (χ1n) is 8.05. The lowest BCUT2D eigenvalue weighted by Gasteiger charge is -2.47. The van der Waals surface area contributed by atoms with Crippen molar-refractivity contribution in [2.75, 3.05) is 25.1 Å². The molecule has 0 aromatic heterocycles. The Balaban J connectivity index is 1.46. The number of fused-ring (bicyclic) bond motifs is 2. The Labute approximate surface area is 126 Å². The minimum atomic E-state index is 0.248. The molecule has 2 N–H and O–H groups in total. The molecule has 0 spiro atoms. The molecule has 3 unspecified atom stereocenters. The normalized spacial score (nSPS) is 38.5. The van der Waals surface area contributed by atoms with Gasteiger partial charge < -0.3 is 15.5 Å². The lowest BCUT2D eigenvalue weighted by molar-refractivity contribution is -0.123. The van der Waals surface area contributed by atoms with Gasteiger partial charge in [0.15, 0.2) is 0 Å². The van der Waals surface area contributed by atoms with Gasteiger partial charge in [-0.1, -0.05) is 6.42 Å². The summed E-state index contributed by atoms with van der Waals surface area (Å²) in [6.45, 7) is 1.04. The van der Waals surface area contributed by atoms with Crippen molar-refractivity contribution in [1.29, 1.82) is 0 Å². The van der Waals surface area contributed by atoms with Crippen LogP contribution in [0, 0.1) is 0 Å². The van der Waals surface area contributed by atoms with Gasteiger partial charge in [-0.15, -0.1) is 0 Å². The van der Waals surface area contributed by atoms with Gasteiger partial charge in [-0.25, -0.2) is 0 Å². The van der Waals surface area contributed by atoms with Crippen molar-refractivity contribution >= 4 is 17.7 Å². The van der Waals surface area contributed by atoms with E-state index in [4.69, 9.17) is 0 Å². The second-order valence-corrected chi connectivity index (χ2v) is 7.72. The molecular weight excluding hydrogens is 270 g/mol. The number of piperidine rings is 2. The number of rotatable bonds is 3. The van der Waals surface area contributed by atoms with Gasteiger partial charge in [-0.05, 0) is 32.7 Å². The zero-order chi connectivity index (χ0) is 13.9. The van der Waals surface area contributed by atoms with Crippen LogP contribution in [-0.2, 0) is 4.79 Å². The Bertz CT molecular complexity index is 332. The monoisotopic (exact) mass is 297 g/mol. The molecule has 0 aliphatic carbocycles. The summed E-state index contributed by atoms with van der Waals surface area (Å²) < 4.78 is 0. The Morgan fingerprint density at radius 3 is 2.75 bits per heavy atom. The maximum absolute atomic E-state index is 12.2. The molecule has 3 saturated heterocycles. The number of carbonyl (C=O) groups excluding carboxylic acids is 1. The molecule has 3 aliphatic heterocycles. The van der Waals surface area contributed by atoms with Crippen LogP contribution in [0.15, 0.2) is 0 Å². The van der Waals surface area contributed by atoms with Crippen LogP contribution >= 0.6 is 11.8 Å². The fourth-order valence-corrected chi connectivity index (χ4v) is 4.94. The quantitative estimate of drug-likeness (QED) is 0.822. The predicted molar refractivity (Wildman–Crippen MR) is 84.1 cm³/mol. The molecule has 4 nitrogen and oxygen atoms in total. The summed E-state index contributed by atoms with van der Waals surface area (Å²) >= 11 is 1.96. The third kappa shape index (κ3) is 3.49. The predicted octanol–water partition coefficient (Wildman–Crippen LogP) is 1.21. The molecule has 0 radical (unpaired) electrons. The minimum Gasteiger partial charge on any atom is -0.353 e. The minimum absolute atomic E-state index is 0.248. The van der Waals surface area contributed by atoms with Crippen LogP contribution < -0.4 is 10.6 Å². The zero-order valence-electron chi connectivity index (χ0n) is 12.4. The molecule has 114 valence electrons. The molecule has 3 rings (SSSR count). The number of hydrogen-bond donors (Lipinski definition) is 2. The van der Waals surface area contributed by atoms with Gasteiger partial charge in [0, 0.05) is 48.6 Å². The standard InChI is InChI=1S/C15H27N3OS/c1-18-13-3-2-4-14(18)8-11(7-13)17-15(19)9-12-10-20-6-5-16-12/h11-14,16H,2-10H2,1H3,(H,17,19). The van der Waals surface area contributed by atoms with Gasteiger partial charge in [-0.3, -0.25) is 4.79 Å². The highest BCUT2D eigenvalue weighted by Gasteiger charge is 2.36. The second kappa shape index (κ2) is 6.67. The SMILES string of the molecule is CN1C2CCCC1CC(NC(=O)CC1CSCCN1)C2. The smallest absolute Gasteiger partial charge is 0.221 e. The van der Waals surface area contributed by atoms with Crippen LogP contribution in [0.5, 0.6) is 0 Å². The third-order valence-corrected chi connectivity index (χ3v) is 6.27. The first-order chi connectivity index (χ1) is 9.72. The molecule has 5 heteroatoms. The van der Waals surface area contributed by atoms with Gasteiger partial charge in [0.1, 0.15) is 0 Å². The third-order valence-electron chi connectivity index (χ3n) is 5.14. The van der Waals surface area contributed by atoms with Gasteiger partial charge >= 0.3 is 0 Å². The molecule has 0 aromatic carbocycles. The molecule has 0 saturated carbocycles. The first-order valence-corrected chi connectivity index (χ1v) is 9.20. The van der Waals surface area contributed by atoms with E-state index in [-0.39, 0.29) is 5.91 Å². The molecule has 2 bridgehead atoms. The van der Waals surface area contributed by atoms with Crippen LogP contribution in [0.2, 0.25) is 0 Å². The number of nitrogens with one attached hydrogen (secondary N) is 2. The van der Waals surface area contributed by atoms with Gasteiger partial charge in [0.2, 0.25) is 5.91 Å². The molecule has 1 amide bonds. The summed E-state index contributed by atoms with van der Waals surface area (Å²) in [5.41, 5.74) is 0. The van der Waals surface area contributed by atoms with E-state index in [9.17, 15) is 4.79 Å². The summed E-state index contributed by atoms with van der Waals surface area (Å²) in [4.78, 5) is 14.8.